The number of benzene rings is 1. The highest BCUT2D eigenvalue weighted by Gasteiger charge is 2.04. The zero-order valence-electron chi connectivity index (χ0n) is 10.9. The maximum atomic E-state index is 11.6. The molecule has 1 N–H and O–H groups in total. The van der Waals surface area contributed by atoms with E-state index in [1.807, 2.05) is 18.4 Å². The van der Waals surface area contributed by atoms with Gasteiger partial charge >= 0.3 is 0 Å². The third-order valence-corrected chi connectivity index (χ3v) is 3.42. The molecule has 2 rings (SSSR count). The molecule has 1 aromatic heterocycles. The normalized spacial score (nSPS) is 9.80. The van der Waals surface area contributed by atoms with E-state index in [-0.39, 0.29) is 12.5 Å². The number of hydrogen-bond acceptors (Lipinski definition) is 5. The summed E-state index contributed by atoms with van der Waals surface area (Å²) in [5, 5.41) is 14.2. The SMILES string of the molecule is Cc1csc(CNC(=O)COc2ccc(C#N)cc2)n1. The number of hydrogen-bond donors (Lipinski definition) is 1. The Hall–Kier alpha value is -2.39. The fourth-order valence-electron chi connectivity index (χ4n) is 1.48. The van der Waals surface area contributed by atoms with Crippen molar-refractivity contribution in [3.63, 3.8) is 0 Å². The van der Waals surface area contributed by atoms with E-state index in [1.165, 1.54) is 11.3 Å². The molecule has 6 heteroatoms. The zero-order valence-corrected chi connectivity index (χ0v) is 11.7. The average Bonchev–Trinajstić information content (AvgIpc) is 2.89. The number of aryl methyl sites for hydroxylation is 1. The maximum Gasteiger partial charge on any atom is 0.258 e. The first-order valence-electron chi connectivity index (χ1n) is 5.98. The Labute approximate surface area is 120 Å². The second-order valence-electron chi connectivity index (χ2n) is 4.08. The summed E-state index contributed by atoms with van der Waals surface area (Å²) in [5.41, 5.74) is 1.51. The highest BCUT2D eigenvalue weighted by Crippen LogP contribution is 2.11. The molecule has 2 aromatic rings. The molecule has 0 saturated heterocycles. The summed E-state index contributed by atoms with van der Waals surface area (Å²) in [6, 6.07) is 8.63. The quantitative estimate of drug-likeness (QED) is 0.913. The van der Waals surface area contributed by atoms with Gasteiger partial charge in [-0.25, -0.2) is 4.98 Å². The Kier molecular flexibility index (Phi) is 4.69. The van der Waals surface area contributed by atoms with Crippen molar-refractivity contribution in [3.8, 4) is 11.8 Å². The molecule has 0 unspecified atom stereocenters. The fourth-order valence-corrected chi connectivity index (χ4v) is 2.20. The number of rotatable bonds is 5. The van der Waals surface area contributed by atoms with Gasteiger partial charge in [0, 0.05) is 11.1 Å². The van der Waals surface area contributed by atoms with E-state index in [0.29, 0.717) is 17.9 Å². The maximum absolute atomic E-state index is 11.6. The largest absolute Gasteiger partial charge is 0.484 e. The van der Waals surface area contributed by atoms with Gasteiger partial charge in [-0.2, -0.15) is 5.26 Å². The fraction of sp³-hybridized carbons (Fsp3) is 0.214. The van der Waals surface area contributed by atoms with Crippen molar-refractivity contribution in [2.75, 3.05) is 6.61 Å². The van der Waals surface area contributed by atoms with Crippen LogP contribution in [0.15, 0.2) is 29.6 Å². The van der Waals surface area contributed by atoms with Crippen LogP contribution in [-0.4, -0.2) is 17.5 Å². The van der Waals surface area contributed by atoms with Crippen LogP contribution in [0.1, 0.15) is 16.3 Å². The lowest BCUT2D eigenvalue weighted by atomic mass is 10.2. The monoisotopic (exact) mass is 287 g/mol. The van der Waals surface area contributed by atoms with Gasteiger partial charge in [-0.3, -0.25) is 4.79 Å². The van der Waals surface area contributed by atoms with Gasteiger partial charge in [-0.05, 0) is 31.2 Å². The predicted octanol–water partition coefficient (Wildman–Crippen LogP) is 2.02. The summed E-state index contributed by atoms with van der Waals surface area (Å²) in [6.45, 7) is 2.26. The van der Waals surface area contributed by atoms with Crippen molar-refractivity contribution in [2.45, 2.75) is 13.5 Å². The van der Waals surface area contributed by atoms with Gasteiger partial charge in [0.25, 0.3) is 5.91 Å². The third-order valence-electron chi connectivity index (χ3n) is 2.46. The number of nitrogens with one attached hydrogen (secondary N) is 1. The van der Waals surface area contributed by atoms with Crippen molar-refractivity contribution in [1.29, 1.82) is 5.26 Å². The number of aromatic nitrogens is 1. The number of carbonyl (C=O) groups is 1. The Morgan fingerprint density at radius 3 is 2.80 bits per heavy atom. The van der Waals surface area contributed by atoms with Crippen molar-refractivity contribution in [1.82, 2.24) is 10.3 Å². The molecule has 0 saturated carbocycles. The Bertz CT molecular complexity index is 629. The molecule has 1 heterocycles. The van der Waals surface area contributed by atoms with Gasteiger partial charge in [0.1, 0.15) is 10.8 Å². The lowest BCUT2D eigenvalue weighted by Gasteiger charge is -2.06. The van der Waals surface area contributed by atoms with Crippen LogP contribution in [0.3, 0.4) is 0 Å². The average molecular weight is 287 g/mol. The molecular weight excluding hydrogens is 274 g/mol. The standard InChI is InChI=1S/C14H13N3O2S/c1-10-9-20-14(17-10)7-16-13(18)8-19-12-4-2-11(6-15)3-5-12/h2-5,9H,7-8H2,1H3,(H,16,18). The Balaban J connectivity index is 1.75. The second kappa shape index (κ2) is 6.68. The first kappa shape index (κ1) is 14.0. The van der Waals surface area contributed by atoms with E-state index < -0.39 is 0 Å². The molecule has 0 fully saturated rings. The van der Waals surface area contributed by atoms with E-state index in [0.717, 1.165) is 10.7 Å². The smallest absolute Gasteiger partial charge is 0.258 e. The molecule has 0 spiro atoms. The second-order valence-corrected chi connectivity index (χ2v) is 5.03. The molecule has 102 valence electrons. The van der Waals surface area contributed by atoms with E-state index in [2.05, 4.69) is 10.3 Å². The number of nitriles is 1. The Morgan fingerprint density at radius 2 is 2.20 bits per heavy atom. The van der Waals surface area contributed by atoms with Gasteiger partial charge in [-0.1, -0.05) is 0 Å². The van der Waals surface area contributed by atoms with Crippen LogP contribution in [0.4, 0.5) is 0 Å². The molecule has 0 aliphatic carbocycles. The first-order chi connectivity index (χ1) is 9.67. The lowest BCUT2D eigenvalue weighted by molar-refractivity contribution is -0.123. The zero-order chi connectivity index (χ0) is 14.4. The highest BCUT2D eigenvalue weighted by molar-refractivity contribution is 7.09. The summed E-state index contributed by atoms with van der Waals surface area (Å²) in [7, 11) is 0. The number of amides is 1. The van der Waals surface area contributed by atoms with Crippen molar-refractivity contribution in [2.24, 2.45) is 0 Å². The summed E-state index contributed by atoms with van der Waals surface area (Å²) in [4.78, 5) is 15.9. The first-order valence-corrected chi connectivity index (χ1v) is 6.86. The van der Waals surface area contributed by atoms with Crippen LogP contribution in [0.5, 0.6) is 5.75 Å². The predicted molar refractivity (Wildman–Crippen MR) is 75.3 cm³/mol. The number of nitrogens with zero attached hydrogens (tertiary/aromatic N) is 2. The van der Waals surface area contributed by atoms with Crippen LogP contribution >= 0.6 is 11.3 Å². The topological polar surface area (TPSA) is 75.0 Å². The molecule has 0 aliphatic heterocycles. The minimum absolute atomic E-state index is 0.0593. The molecule has 0 radical (unpaired) electrons. The van der Waals surface area contributed by atoms with Crippen LogP contribution in [0.2, 0.25) is 0 Å². The molecule has 20 heavy (non-hydrogen) atoms. The number of carbonyl (C=O) groups excluding carboxylic acids is 1. The molecule has 5 nitrogen and oxygen atoms in total. The van der Waals surface area contributed by atoms with E-state index >= 15 is 0 Å². The number of ether oxygens (including phenoxy) is 1. The van der Waals surface area contributed by atoms with Gasteiger partial charge in [-0.15, -0.1) is 11.3 Å². The van der Waals surface area contributed by atoms with Crippen molar-refractivity contribution < 1.29 is 9.53 Å². The molecule has 0 bridgehead atoms. The summed E-state index contributed by atoms with van der Waals surface area (Å²) in [6.07, 6.45) is 0. The van der Waals surface area contributed by atoms with Crippen LogP contribution < -0.4 is 10.1 Å². The van der Waals surface area contributed by atoms with Crippen LogP contribution in [0.25, 0.3) is 0 Å². The van der Waals surface area contributed by atoms with Crippen LogP contribution in [0, 0.1) is 18.3 Å². The summed E-state index contributed by atoms with van der Waals surface area (Å²) in [5.74, 6) is 0.353. The molecular formula is C14H13N3O2S. The van der Waals surface area contributed by atoms with Crippen molar-refractivity contribution >= 4 is 17.2 Å². The summed E-state index contributed by atoms with van der Waals surface area (Å²) < 4.78 is 5.32. The van der Waals surface area contributed by atoms with Gasteiger partial charge in [0.05, 0.1) is 18.2 Å². The third kappa shape index (κ3) is 4.07. The highest BCUT2D eigenvalue weighted by atomic mass is 32.1. The molecule has 1 amide bonds. The molecule has 0 atom stereocenters. The van der Waals surface area contributed by atoms with Crippen LogP contribution in [-0.2, 0) is 11.3 Å². The minimum atomic E-state index is -0.206. The van der Waals surface area contributed by atoms with E-state index in [9.17, 15) is 4.79 Å². The van der Waals surface area contributed by atoms with Gasteiger partial charge in [0.15, 0.2) is 6.61 Å². The van der Waals surface area contributed by atoms with Crippen molar-refractivity contribution in [3.05, 3.63) is 45.9 Å². The summed E-state index contributed by atoms with van der Waals surface area (Å²) >= 11 is 1.51. The molecule has 0 aliphatic rings. The molecule has 1 aromatic carbocycles. The van der Waals surface area contributed by atoms with E-state index in [1.54, 1.807) is 24.3 Å². The number of thiazole rings is 1. The minimum Gasteiger partial charge on any atom is -0.484 e. The lowest BCUT2D eigenvalue weighted by Crippen LogP contribution is -2.28. The van der Waals surface area contributed by atoms with Gasteiger partial charge < -0.3 is 10.1 Å². The van der Waals surface area contributed by atoms with E-state index in [4.69, 9.17) is 10.00 Å². The van der Waals surface area contributed by atoms with Gasteiger partial charge in [0.2, 0.25) is 0 Å². The Morgan fingerprint density at radius 1 is 1.45 bits per heavy atom.